The van der Waals surface area contributed by atoms with Crippen molar-refractivity contribution in [1.29, 1.82) is 0 Å². The van der Waals surface area contributed by atoms with Crippen molar-refractivity contribution in [3.8, 4) is 0 Å². The maximum Gasteiger partial charge on any atom is 0.223 e. The zero-order chi connectivity index (χ0) is 14.7. The van der Waals surface area contributed by atoms with E-state index in [4.69, 9.17) is 9.26 Å². The summed E-state index contributed by atoms with van der Waals surface area (Å²) in [7, 11) is 0. The highest BCUT2D eigenvalue weighted by Crippen LogP contribution is 2.17. The highest BCUT2D eigenvalue weighted by Gasteiger charge is 2.27. The highest BCUT2D eigenvalue weighted by atomic mass is 16.5. The average Bonchev–Trinajstić information content (AvgIpc) is 2.74. The summed E-state index contributed by atoms with van der Waals surface area (Å²) < 4.78 is 10.6. The van der Waals surface area contributed by atoms with Crippen molar-refractivity contribution in [2.75, 3.05) is 19.7 Å². The van der Waals surface area contributed by atoms with Crippen LogP contribution < -0.4 is 0 Å². The Hall–Kier alpha value is -1.40. The lowest BCUT2D eigenvalue weighted by Gasteiger charge is -2.36. The molecular weight excluding hydrogens is 260 g/mol. The molecule has 2 unspecified atom stereocenters. The molecule has 1 saturated heterocycles. The largest absolute Gasteiger partial charge is 0.394 e. The number of aromatic nitrogens is 1. The van der Waals surface area contributed by atoms with Gasteiger partial charge in [0, 0.05) is 25.1 Å². The summed E-state index contributed by atoms with van der Waals surface area (Å²) in [4.78, 5) is 14.0. The van der Waals surface area contributed by atoms with E-state index in [1.165, 1.54) is 0 Å². The average molecular weight is 282 g/mol. The SMILES string of the molecule is Cc1noc(C)c1CCC(=O)N1CC(C)OC(CO)C1. The zero-order valence-electron chi connectivity index (χ0n) is 12.3. The van der Waals surface area contributed by atoms with Gasteiger partial charge in [-0.1, -0.05) is 5.16 Å². The number of nitrogens with zero attached hydrogens (tertiary/aromatic N) is 2. The standard InChI is InChI=1S/C14H22N2O4/c1-9-6-16(7-12(8-17)19-9)14(18)5-4-13-10(2)15-20-11(13)3/h9,12,17H,4-8H2,1-3H3. The molecule has 1 fully saturated rings. The third-order valence-electron chi connectivity index (χ3n) is 3.65. The Morgan fingerprint density at radius 3 is 2.80 bits per heavy atom. The molecule has 20 heavy (non-hydrogen) atoms. The van der Waals surface area contributed by atoms with Gasteiger partial charge in [0.05, 0.1) is 24.5 Å². The van der Waals surface area contributed by atoms with Gasteiger partial charge in [0.25, 0.3) is 0 Å². The summed E-state index contributed by atoms with van der Waals surface area (Å²) in [6.45, 7) is 6.64. The molecule has 2 atom stereocenters. The number of amides is 1. The molecule has 0 bridgehead atoms. The minimum absolute atomic E-state index is 0.0380. The quantitative estimate of drug-likeness (QED) is 0.885. The first-order valence-corrected chi connectivity index (χ1v) is 6.97. The van der Waals surface area contributed by atoms with Crippen LogP contribution in [0.5, 0.6) is 0 Å². The van der Waals surface area contributed by atoms with Gasteiger partial charge in [-0.25, -0.2) is 0 Å². The Balaban J connectivity index is 1.91. The Kier molecular flexibility index (Phi) is 4.77. The van der Waals surface area contributed by atoms with Gasteiger partial charge in [0.2, 0.25) is 5.91 Å². The first-order valence-electron chi connectivity index (χ1n) is 6.97. The Labute approximate surface area is 118 Å². The van der Waals surface area contributed by atoms with Crippen molar-refractivity contribution in [2.45, 2.75) is 45.8 Å². The van der Waals surface area contributed by atoms with Gasteiger partial charge >= 0.3 is 0 Å². The number of carbonyl (C=O) groups excluding carboxylic acids is 1. The lowest BCUT2D eigenvalue weighted by molar-refractivity contribution is -0.147. The fraction of sp³-hybridized carbons (Fsp3) is 0.714. The summed E-state index contributed by atoms with van der Waals surface area (Å²) >= 11 is 0. The molecule has 0 aliphatic carbocycles. The van der Waals surface area contributed by atoms with Crippen molar-refractivity contribution in [1.82, 2.24) is 10.1 Å². The molecule has 1 aliphatic rings. The van der Waals surface area contributed by atoms with Crippen molar-refractivity contribution < 1.29 is 19.2 Å². The van der Waals surface area contributed by atoms with Crippen molar-refractivity contribution in [2.24, 2.45) is 0 Å². The summed E-state index contributed by atoms with van der Waals surface area (Å²) in [5.74, 6) is 0.859. The summed E-state index contributed by atoms with van der Waals surface area (Å²) in [6.07, 6.45) is 0.745. The predicted molar refractivity (Wildman–Crippen MR) is 72.3 cm³/mol. The molecule has 2 heterocycles. The number of rotatable bonds is 4. The second-order valence-electron chi connectivity index (χ2n) is 5.35. The second kappa shape index (κ2) is 6.37. The van der Waals surface area contributed by atoms with Crippen molar-refractivity contribution in [3.05, 3.63) is 17.0 Å². The van der Waals surface area contributed by atoms with Gasteiger partial charge in [-0.05, 0) is 27.2 Å². The molecule has 1 N–H and O–H groups in total. The first kappa shape index (κ1) is 15.0. The molecule has 1 aromatic heterocycles. The van der Waals surface area contributed by atoms with Crippen LogP contribution in [0.15, 0.2) is 4.52 Å². The smallest absolute Gasteiger partial charge is 0.223 e. The van der Waals surface area contributed by atoms with Crippen LogP contribution in [-0.4, -0.2) is 53.0 Å². The van der Waals surface area contributed by atoms with Crippen LogP contribution in [0.3, 0.4) is 0 Å². The van der Waals surface area contributed by atoms with E-state index in [1.807, 2.05) is 20.8 Å². The molecule has 0 aromatic carbocycles. The molecule has 112 valence electrons. The normalized spacial score (nSPS) is 23.1. The molecule has 2 rings (SSSR count). The minimum Gasteiger partial charge on any atom is -0.394 e. The number of carbonyl (C=O) groups is 1. The van der Waals surface area contributed by atoms with Crippen LogP contribution in [0, 0.1) is 13.8 Å². The summed E-state index contributed by atoms with van der Waals surface area (Å²) in [5.41, 5.74) is 1.86. The molecule has 6 heteroatoms. The number of aliphatic hydroxyl groups excluding tert-OH is 1. The second-order valence-corrected chi connectivity index (χ2v) is 5.35. The van der Waals surface area contributed by atoms with Crippen LogP contribution in [0.25, 0.3) is 0 Å². The molecule has 1 aromatic rings. The number of ether oxygens (including phenoxy) is 1. The van der Waals surface area contributed by atoms with Gasteiger partial charge in [0.1, 0.15) is 5.76 Å². The summed E-state index contributed by atoms with van der Waals surface area (Å²) in [5, 5.41) is 13.1. The van der Waals surface area contributed by atoms with Crippen molar-refractivity contribution >= 4 is 5.91 Å². The zero-order valence-corrected chi connectivity index (χ0v) is 12.3. The predicted octanol–water partition coefficient (Wildman–Crippen LogP) is 0.832. The topological polar surface area (TPSA) is 75.8 Å². The fourth-order valence-electron chi connectivity index (χ4n) is 2.60. The monoisotopic (exact) mass is 282 g/mol. The number of hydrogen-bond donors (Lipinski definition) is 1. The van der Waals surface area contributed by atoms with E-state index in [0.29, 0.717) is 25.9 Å². The van der Waals surface area contributed by atoms with E-state index < -0.39 is 0 Å². The lowest BCUT2D eigenvalue weighted by Crippen LogP contribution is -2.50. The molecule has 0 radical (unpaired) electrons. The number of aliphatic hydroxyl groups is 1. The van der Waals surface area contributed by atoms with Crippen LogP contribution in [0.4, 0.5) is 0 Å². The van der Waals surface area contributed by atoms with Gasteiger partial charge in [-0.2, -0.15) is 0 Å². The van der Waals surface area contributed by atoms with Crippen LogP contribution in [0.2, 0.25) is 0 Å². The highest BCUT2D eigenvalue weighted by molar-refractivity contribution is 5.76. The van der Waals surface area contributed by atoms with E-state index in [9.17, 15) is 9.90 Å². The number of hydrogen-bond acceptors (Lipinski definition) is 5. The lowest BCUT2D eigenvalue weighted by atomic mass is 10.1. The maximum absolute atomic E-state index is 12.3. The van der Waals surface area contributed by atoms with Gasteiger partial charge in [-0.3, -0.25) is 4.79 Å². The van der Waals surface area contributed by atoms with Crippen LogP contribution >= 0.6 is 0 Å². The molecule has 6 nitrogen and oxygen atoms in total. The van der Waals surface area contributed by atoms with Gasteiger partial charge < -0.3 is 19.3 Å². The maximum atomic E-state index is 12.3. The van der Waals surface area contributed by atoms with Crippen LogP contribution in [-0.2, 0) is 16.0 Å². The number of aryl methyl sites for hydroxylation is 2. The van der Waals surface area contributed by atoms with E-state index in [-0.39, 0.29) is 24.7 Å². The molecule has 1 aliphatic heterocycles. The molecule has 1 amide bonds. The summed E-state index contributed by atoms with van der Waals surface area (Å²) in [6, 6.07) is 0. The minimum atomic E-state index is -0.276. The Morgan fingerprint density at radius 1 is 1.45 bits per heavy atom. The third-order valence-corrected chi connectivity index (χ3v) is 3.65. The van der Waals surface area contributed by atoms with Gasteiger partial charge in [-0.15, -0.1) is 0 Å². The van der Waals surface area contributed by atoms with E-state index in [0.717, 1.165) is 17.0 Å². The van der Waals surface area contributed by atoms with E-state index in [1.54, 1.807) is 4.90 Å². The molecule has 0 spiro atoms. The first-order chi connectivity index (χ1) is 9.51. The molecular formula is C14H22N2O4. The molecule has 0 saturated carbocycles. The van der Waals surface area contributed by atoms with Gasteiger partial charge in [0.15, 0.2) is 0 Å². The Morgan fingerprint density at radius 2 is 2.20 bits per heavy atom. The van der Waals surface area contributed by atoms with Crippen LogP contribution in [0.1, 0.15) is 30.4 Å². The number of morpholine rings is 1. The fourth-order valence-corrected chi connectivity index (χ4v) is 2.60. The van der Waals surface area contributed by atoms with E-state index in [2.05, 4.69) is 5.16 Å². The van der Waals surface area contributed by atoms with E-state index >= 15 is 0 Å². The Bertz CT molecular complexity index is 452. The van der Waals surface area contributed by atoms with Crippen molar-refractivity contribution in [3.63, 3.8) is 0 Å². The third kappa shape index (κ3) is 3.37.